The van der Waals surface area contributed by atoms with Crippen molar-refractivity contribution in [3.8, 4) is 5.75 Å². The van der Waals surface area contributed by atoms with Gasteiger partial charge < -0.3 is 15.8 Å². The number of hydrogen-bond donors (Lipinski definition) is 2. The van der Waals surface area contributed by atoms with Gasteiger partial charge in [-0.3, -0.25) is 0 Å². The van der Waals surface area contributed by atoms with E-state index in [9.17, 15) is 13.2 Å². The average molecular weight is 260 g/mol. The predicted octanol–water partition coefficient (Wildman–Crippen LogP) is 3.22. The standard InChI is InChI=1S/C12H15F3N2O/c1-6-2-7(3-6)17-10-5-11(18-12(14)15)8(13)4-9(10)16/h4-7,12,17H,2-3,16H2,1H3. The van der Waals surface area contributed by atoms with Crippen molar-refractivity contribution in [2.75, 3.05) is 11.1 Å². The molecule has 2 rings (SSSR count). The van der Waals surface area contributed by atoms with E-state index in [1.165, 1.54) is 6.07 Å². The molecule has 100 valence electrons. The summed E-state index contributed by atoms with van der Waals surface area (Å²) in [6.07, 6.45) is 1.98. The molecule has 0 saturated heterocycles. The summed E-state index contributed by atoms with van der Waals surface area (Å²) >= 11 is 0. The summed E-state index contributed by atoms with van der Waals surface area (Å²) in [7, 11) is 0. The monoisotopic (exact) mass is 260 g/mol. The van der Waals surface area contributed by atoms with Crippen molar-refractivity contribution >= 4 is 11.4 Å². The quantitative estimate of drug-likeness (QED) is 0.817. The Morgan fingerprint density at radius 2 is 2.06 bits per heavy atom. The maximum absolute atomic E-state index is 13.3. The molecule has 6 heteroatoms. The van der Waals surface area contributed by atoms with E-state index >= 15 is 0 Å². The molecular formula is C12H15F3N2O. The van der Waals surface area contributed by atoms with E-state index in [-0.39, 0.29) is 11.7 Å². The predicted molar refractivity (Wildman–Crippen MR) is 63.3 cm³/mol. The Morgan fingerprint density at radius 3 is 2.61 bits per heavy atom. The molecule has 1 aromatic carbocycles. The largest absolute Gasteiger partial charge is 0.432 e. The molecule has 1 fully saturated rings. The lowest BCUT2D eigenvalue weighted by molar-refractivity contribution is -0.0521. The average Bonchev–Trinajstić information content (AvgIpc) is 2.21. The highest BCUT2D eigenvalue weighted by Gasteiger charge is 2.26. The van der Waals surface area contributed by atoms with Gasteiger partial charge in [0.05, 0.1) is 11.4 Å². The van der Waals surface area contributed by atoms with Gasteiger partial charge >= 0.3 is 6.61 Å². The number of anilines is 2. The van der Waals surface area contributed by atoms with E-state index in [4.69, 9.17) is 5.73 Å². The van der Waals surface area contributed by atoms with Crippen molar-refractivity contribution in [2.45, 2.75) is 32.4 Å². The smallest absolute Gasteiger partial charge is 0.387 e. The minimum atomic E-state index is -3.06. The van der Waals surface area contributed by atoms with E-state index < -0.39 is 18.2 Å². The summed E-state index contributed by atoms with van der Waals surface area (Å²) in [4.78, 5) is 0. The third-order valence-corrected chi connectivity index (χ3v) is 3.05. The molecule has 0 spiro atoms. The number of ether oxygens (including phenoxy) is 1. The summed E-state index contributed by atoms with van der Waals surface area (Å²) in [5.41, 5.74) is 6.26. The molecule has 3 nitrogen and oxygen atoms in total. The minimum absolute atomic E-state index is 0.189. The Labute approximate surface area is 103 Å². The van der Waals surface area contributed by atoms with E-state index in [2.05, 4.69) is 17.0 Å². The van der Waals surface area contributed by atoms with Gasteiger partial charge in [-0.15, -0.1) is 0 Å². The molecule has 0 radical (unpaired) electrons. The van der Waals surface area contributed by atoms with Crippen LogP contribution in [0.25, 0.3) is 0 Å². The van der Waals surface area contributed by atoms with Gasteiger partial charge in [0.25, 0.3) is 0 Å². The van der Waals surface area contributed by atoms with Crippen LogP contribution in [0.2, 0.25) is 0 Å². The molecule has 1 aromatic rings. The molecule has 0 aliphatic heterocycles. The van der Waals surface area contributed by atoms with Crippen LogP contribution in [0.15, 0.2) is 12.1 Å². The van der Waals surface area contributed by atoms with Crippen LogP contribution >= 0.6 is 0 Å². The summed E-state index contributed by atoms with van der Waals surface area (Å²) in [5, 5.41) is 3.10. The van der Waals surface area contributed by atoms with Crippen LogP contribution in [0.5, 0.6) is 5.75 Å². The molecule has 1 saturated carbocycles. The van der Waals surface area contributed by atoms with Gasteiger partial charge in [0.2, 0.25) is 0 Å². The Kier molecular flexibility index (Phi) is 3.54. The molecule has 0 atom stereocenters. The summed E-state index contributed by atoms with van der Waals surface area (Å²) < 4.78 is 41.6. The van der Waals surface area contributed by atoms with Crippen LogP contribution in [-0.2, 0) is 0 Å². The second-order valence-electron chi connectivity index (χ2n) is 4.67. The number of nitrogens with two attached hydrogens (primary N) is 1. The van der Waals surface area contributed by atoms with Crippen LogP contribution in [0.3, 0.4) is 0 Å². The molecular weight excluding hydrogens is 245 g/mol. The summed E-state index contributed by atoms with van der Waals surface area (Å²) in [6.45, 7) is -0.933. The first kappa shape index (κ1) is 12.9. The number of hydrogen-bond acceptors (Lipinski definition) is 3. The molecule has 18 heavy (non-hydrogen) atoms. The van der Waals surface area contributed by atoms with Gasteiger partial charge in [0, 0.05) is 18.2 Å². The first-order valence-electron chi connectivity index (χ1n) is 5.76. The first-order chi connectivity index (χ1) is 8.45. The number of nitrogens with one attached hydrogen (secondary N) is 1. The van der Waals surface area contributed by atoms with Gasteiger partial charge in [-0.2, -0.15) is 8.78 Å². The Bertz CT molecular complexity index is 434. The molecule has 1 aliphatic rings. The third kappa shape index (κ3) is 2.80. The van der Waals surface area contributed by atoms with Crippen LogP contribution < -0.4 is 15.8 Å². The lowest BCUT2D eigenvalue weighted by Gasteiger charge is -2.34. The second-order valence-corrected chi connectivity index (χ2v) is 4.67. The van der Waals surface area contributed by atoms with Gasteiger partial charge in [-0.25, -0.2) is 4.39 Å². The lowest BCUT2D eigenvalue weighted by atomic mass is 9.82. The van der Waals surface area contributed by atoms with Gasteiger partial charge in [-0.1, -0.05) is 6.92 Å². The molecule has 0 bridgehead atoms. The van der Waals surface area contributed by atoms with Crippen molar-refractivity contribution in [3.63, 3.8) is 0 Å². The van der Waals surface area contributed by atoms with Crippen LogP contribution in [0.4, 0.5) is 24.5 Å². The zero-order valence-electron chi connectivity index (χ0n) is 9.92. The van der Waals surface area contributed by atoms with Crippen molar-refractivity contribution in [1.29, 1.82) is 0 Å². The molecule has 3 N–H and O–H groups in total. The van der Waals surface area contributed by atoms with Gasteiger partial charge in [-0.05, 0) is 18.8 Å². The summed E-state index contributed by atoms with van der Waals surface area (Å²) in [5.74, 6) is -0.740. The Morgan fingerprint density at radius 1 is 1.39 bits per heavy atom. The number of benzene rings is 1. The highest BCUT2D eigenvalue weighted by molar-refractivity contribution is 5.69. The Hall–Kier alpha value is -1.59. The fraction of sp³-hybridized carbons (Fsp3) is 0.500. The second kappa shape index (κ2) is 4.96. The van der Waals surface area contributed by atoms with Crippen molar-refractivity contribution in [3.05, 3.63) is 17.9 Å². The fourth-order valence-electron chi connectivity index (χ4n) is 2.12. The van der Waals surface area contributed by atoms with Crippen LogP contribution in [0.1, 0.15) is 19.8 Å². The number of nitrogen functional groups attached to an aromatic ring is 1. The van der Waals surface area contributed by atoms with Crippen molar-refractivity contribution < 1.29 is 17.9 Å². The number of alkyl halides is 2. The van der Waals surface area contributed by atoms with E-state index in [0.29, 0.717) is 11.6 Å². The molecule has 0 amide bonds. The normalized spacial score (nSPS) is 22.7. The molecule has 1 aliphatic carbocycles. The maximum Gasteiger partial charge on any atom is 0.387 e. The van der Waals surface area contributed by atoms with Crippen molar-refractivity contribution in [1.82, 2.24) is 0 Å². The van der Waals surface area contributed by atoms with Crippen LogP contribution in [0, 0.1) is 11.7 Å². The third-order valence-electron chi connectivity index (χ3n) is 3.05. The fourth-order valence-corrected chi connectivity index (χ4v) is 2.12. The summed E-state index contributed by atoms with van der Waals surface area (Å²) in [6, 6.07) is 2.43. The van der Waals surface area contributed by atoms with E-state index in [1.807, 2.05) is 0 Å². The topological polar surface area (TPSA) is 47.3 Å². The first-order valence-corrected chi connectivity index (χ1v) is 5.76. The van der Waals surface area contributed by atoms with Crippen molar-refractivity contribution in [2.24, 2.45) is 5.92 Å². The van der Waals surface area contributed by atoms with Crippen LogP contribution in [-0.4, -0.2) is 12.7 Å². The minimum Gasteiger partial charge on any atom is -0.432 e. The van der Waals surface area contributed by atoms with E-state index in [0.717, 1.165) is 18.9 Å². The molecule has 0 heterocycles. The number of halogens is 3. The zero-order valence-corrected chi connectivity index (χ0v) is 9.92. The zero-order chi connectivity index (χ0) is 13.3. The Balaban J connectivity index is 2.13. The molecule has 0 aromatic heterocycles. The van der Waals surface area contributed by atoms with Gasteiger partial charge in [0.15, 0.2) is 11.6 Å². The van der Waals surface area contributed by atoms with Gasteiger partial charge in [0.1, 0.15) is 0 Å². The lowest BCUT2D eigenvalue weighted by Crippen LogP contribution is -2.34. The highest BCUT2D eigenvalue weighted by atomic mass is 19.3. The molecule has 0 unspecified atom stereocenters. The van der Waals surface area contributed by atoms with E-state index in [1.54, 1.807) is 0 Å². The number of rotatable bonds is 4. The maximum atomic E-state index is 13.3. The SMILES string of the molecule is CC1CC(Nc2cc(OC(F)F)c(F)cc2N)C1. The highest BCUT2D eigenvalue weighted by Crippen LogP contribution is 2.34.